The Morgan fingerprint density at radius 2 is 1.90 bits per heavy atom. The van der Waals surface area contributed by atoms with E-state index < -0.39 is 17.1 Å². The molecule has 0 bridgehead atoms. The van der Waals surface area contributed by atoms with E-state index in [4.69, 9.17) is 11.6 Å². The average Bonchev–Trinajstić information content (AvgIpc) is 3.02. The van der Waals surface area contributed by atoms with Gasteiger partial charge in [0.05, 0.1) is 19.6 Å². The molecule has 0 unspecified atom stereocenters. The molecule has 0 spiro atoms. The van der Waals surface area contributed by atoms with Gasteiger partial charge in [-0.2, -0.15) is 0 Å². The van der Waals surface area contributed by atoms with E-state index in [1.54, 1.807) is 23.7 Å². The number of rotatable bonds is 8. The van der Waals surface area contributed by atoms with Crippen LogP contribution in [-0.2, 0) is 20.1 Å². The summed E-state index contributed by atoms with van der Waals surface area (Å²) in [7, 11) is 1.56. The van der Waals surface area contributed by atoms with Crippen molar-refractivity contribution < 1.29 is 9.29 Å². The van der Waals surface area contributed by atoms with Crippen LogP contribution in [0.5, 0.6) is 0 Å². The van der Waals surface area contributed by atoms with Gasteiger partial charge in [0.25, 0.3) is 5.56 Å². The Balaban J connectivity index is 2.20. The maximum Gasteiger partial charge on any atom is 0.329 e. The van der Waals surface area contributed by atoms with Gasteiger partial charge in [-0.3, -0.25) is 14.3 Å². The Morgan fingerprint density at radius 1 is 1.21 bits per heavy atom. The molecule has 2 N–H and O–H groups in total. The summed E-state index contributed by atoms with van der Waals surface area (Å²) in [4.78, 5) is 32.9. The second-order valence-electron chi connectivity index (χ2n) is 7.23. The molecule has 2 aromatic heterocycles. The topological polar surface area (TPSA) is 77.1 Å². The summed E-state index contributed by atoms with van der Waals surface area (Å²) in [5.41, 5.74) is -0.256. The molecule has 1 aromatic carbocycles. The lowest BCUT2D eigenvalue weighted by Gasteiger charge is -2.19. The van der Waals surface area contributed by atoms with E-state index in [0.29, 0.717) is 12.4 Å². The van der Waals surface area contributed by atoms with Gasteiger partial charge in [-0.05, 0) is 25.0 Å². The predicted molar refractivity (Wildman–Crippen MR) is 111 cm³/mol. The average molecular weight is 423 g/mol. The van der Waals surface area contributed by atoms with E-state index in [1.165, 1.54) is 15.5 Å². The number of nitrogens with zero attached hydrogens (tertiary/aromatic N) is 3. The Bertz CT molecular complexity index is 1110. The Kier molecular flexibility index (Phi) is 6.54. The summed E-state index contributed by atoms with van der Waals surface area (Å²) in [5.74, 6) is 0.181. The lowest BCUT2D eigenvalue weighted by Crippen LogP contribution is -3.10. The number of nitrogens with one attached hydrogen (secondary N) is 2. The third-order valence-electron chi connectivity index (χ3n) is 5.08. The van der Waals surface area contributed by atoms with Gasteiger partial charge in [-0.15, -0.1) is 0 Å². The summed E-state index contributed by atoms with van der Waals surface area (Å²) in [6.45, 7) is 6.76. The minimum atomic E-state index is -0.540. The van der Waals surface area contributed by atoms with Crippen LogP contribution < -0.4 is 16.1 Å². The van der Waals surface area contributed by atoms with E-state index in [0.717, 1.165) is 25.9 Å². The molecule has 0 radical (unpaired) electrons. The van der Waals surface area contributed by atoms with Crippen LogP contribution >= 0.6 is 11.6 Å². The monoisotopic (exact) mass is 422 g/mol. The molecule has 3 rings (SSSR count). The maximum atomic E-state index is 14.5. The summed E-state index contributed by atoms with van der Waals surface area (Å²) in [6.07, 6.45) is 2.02. The van der Waals surface area contributed by atoms with E-state index in [-0.39, 0.29) is 28.3 Å². The number of quaternary nitrogens is 1. The van der Waals surface area contributed by atoms with Crippen LogP contribution in [-0.4, -0.2) is 32.2 Å². The van der Waals surface area contributed by atoms with Crippen molar-refractivity contribution >= 4 is 22.8 Å². The van der Waals surface area contributed by atoms with Crippen molar-refractivity contribution in [2.75, 3.05) is 13.1 Å². The van der Waals surface area contributed by atoms with Crippen molar-refractivity contribution in [3.63, 3.8) is 0 Å². The summed E-state index contributed by atoms with van der Waals surface area (Å²) in [5, 5.41) is 0.283. The number of hydrogen-bond acceptors (Lipinski definition) is 3. The molecule has 0 saturated carbocycles. The zero-order valence-corrected chi connectivity index (χ0v) is 17.6. The van der Waals surface area contributed by atoms with Crippen LogP contribution in [0.2, 0.25) is 5.02 Å². The number of aryl methyl sites for hydroxylation is 1. The van der Waals surface area contributed by atoms with Gasteiger partial charge >= 0.3 is 5.69 Å². The van der Waals surface area contributed by atoms with Gasteiger partial charge < -0.3 is 9.47 Å². The lowest BCUT2D eigenvalue weighted by atomic mass is 10.2. The third-order valence-corrected chi connectivity index (χ3v) is 5.43. The van der Waals surface area contributed by atoms with Crippen molar-refractivity contribution in [2.45, 2.75) is 39.8 Å². The number of aromatic amines is 1. The first kappa shape index (κ1) is 21.3. The van der Waals surface area contributed by atoms with Crippen LogP contribution in [0.4, 0.5) is 4.39 Å². The minimum Gasteiger partial charge on any atom is -0.329 e. The molecular formula is C20H26ClFN5O2+. The fraction of sp³-hybridized carbons (Fsp3) is 0.450. The summed E-state index contributed by atoms with van der Waals surface area (Å²) < 4.78 is 17.4. The molecule has 0 amide bonds. The smallest absolute Gasteiger partial charge is 0.329 e. The van der Waals surface area contributed by atoms with Crippen molar-refractivity contribution in [1.82, 2.24) is 19.1 Å². The Morgan fingerprint density at radius 3 is 2.52 bits per heavy atom. The van der Waals surface area contributed by atoms with E-state index in [2.05, 4.69) is 23.8 Å². The summed E-state index contributed by atoms with van der Waals surface area (Å²) >= 11 is 6.23. The third kappa shape index (κ3) is 4.28. The SMILES string of the molecule is CCC[NH+](CCC)Cc1nc2c(c(=O)[nH]c(=O)n2C)n1Cc1c(F)cccc1Cl. The maximum absolute atomic E-state index is 14.5. The van der Waals surface area contributed by atoms with Crippen LogP contribution in [0.1, 0.15) is 38.1 Å². The van der Waals surface area contributed by atoms with Crippen LogP contribution in [0.15, 0.2) is 27.8 Å². The highest BCUT2D eigenvalue weighted by molar-refractivity contribution is 6.31. The number of halogens is 2. The molecule has 0 aliphatic carbocycles. The van der Waals surface area contributed by atoms with E-state index in [9.17, 15) is 14.0 Å². The number of fused-ring (bicyclic) bond motifs is 1. The molecule has 0 atom stereocenters. The molecule has 0 fully saturated rings. The first-order valence-corrected chi connectivity index (χ1v) is 10.2. The first-order chi connectivity index (χ1) is 13.9. The van der Waals surface area contributed by atoms with Gasteiger partial charge in [0.15, 0.2) is 17.0 Å². The highest BCUT2D eigenvalue weighted by Crippen LogP contribution is 2.22. The second kappa shape index (κ2) is 8.92. The standard InChI is InChI=1S/C20H25ClFN5O2/c1-4-9-26(10-5-2)12-16-23-18-17(19(28)24-20(29)25(18)3)27(16)11-13-14(21)7-6-8-15(13)22/h6-8H,4-5,9-12H2,1-3H3,(H,24,28,29)/p+1. The molecule has 156 valence electrons. The van der Waals surface area contributed by atoms with Gasteiger partial charge in [0.1, 0.15) is 12.4 Å². The van der Waals surface area contributed by atoms with E-state index >= 15 is 0 Å². The zero-order chi connectivity index (χ0) is 21.1. The number of imidazole rings is 1. The fourth-order valence-corrected chi connectivity index (χ4v) is 3.88. The van der Waals surface area contributed by atoms with Gasteiger partial charge in [0.2, 0.25) is 0 Å². The Hall–Kier alpha value is -2.45. The second-order valence-corrected chi connectivity index (χ2v) is 7.64. The molecule has 3 aromatic rings. The van der Waals surface area contributed by atoms with Gasteiger partial charge in [-0.25, -0.2) is 14.2 Å². The zero-order valence-electron chi connectivity index (χ0n) is 16.9. The number of H-pyrrole nitrogens is 1. The largest absolute Gasteiger partial charge is 0.329 e. The predicted octanol–water partition coefficient (Wildman–Crippen LogP) is 1.47. The van der Waals surface area contributed by atoms with Crippen molar-refractivity contribution in [1.29, 1.82) is 0 Å². The molecule has 29 heavy (non-hydrogen) atoms. The molecule has 0 aliphatic rings. The molecule has 0 saturated heterocycles. The molecule has 2 heterocycles. The minimum absolute atomic E-state index is 0.0597. The number of aromatic nitrogens is 4. The van der Waals surface area contributed by atoms with E-state index in [1.807, 2.05) is 0 Å². The summed E-state index contributed by atoms with van der Waals surface area (Å²) in [6, 6.07) is 4.50. The fourth-order valence-electron chi connectivity index (χ4n) is 3.66. The van der Waals surface area contributed by atoms with Crippen molar-refractivity contribution in [3.05, 3.63) is 61.3 Å². The van der Waals surface area contributed by atoms with Crippen LogP contribution in [0.25, 0.3) is 11.2 Å². The van der Waals surface area contributed by atoms with Crippen LogP contribution in [0.3, 0.4) is 0 Å². The first-order valence-electron chi connectivity index (χ1n) is 9.82. The quantitative estimate of drug-likeness (QED) is 0.577. The molecule has 7 nitrogen and oxygen atoms in total. The highest BCUT2D eigenvalue weighted by atomic mass is 35.5. The lowest BCUT2D eigenvalue weighted by molar-refractivity contribution is -0.914. The van der Waals surface area contributed by atoms with Crippen molar-refractivity contribution in [2.24, 2.45) is 7.05 Å². The number of hydrogen-bond donors (Lipinski definition) is 2. The molecule has 0 aliphatic heterocycles. The molecule has 9 heteroatoms. The Labute approximate surface area is 172 Å². The molecular weight excluding hydrogens is 397 g/mol. The van der Waals surface area contributed by atoms with Crippen molar-refractivity contribution in [3.8, 4) is 0 Å². The van der Waals surface area contributed by atoms with Gasteiger partial charge in [0, 0.05) is 17.6 Å². The van der Waals surface area contributed by atoms with Crippen LogP contribution in [0, 0.1) is 5.82 Å². The normalized spacial score (nSPS) is 11.7. The highest BCUT2D eigenvalue weighted by Gasteiger charge is 2.22. The van der Waals surface area contributed by atoms with Gasteiger partial charge in [-0.1, -0.05) is 31.5 Å². The number of benzene rings is 1.